The summed E-state index contributed by atoms with van der Waals surface area (Å²) in [5.74, 6) is 0.509. The smallest absolute Gasteiger partial charge is 0.184 e. The van der Waals surface area contributed by atoms with E-state index in [9.17, 15) is 4.79 Å². The van der Waals surface area contributed by atoms with Crippen molar-refractivity contribution < 1.29 is 4.79 Å². The zero-order valence-electron chi connectivity index (χ0n) is 12.2. The van der Waals surface area contributed by atoms with Crippen LogP contribution in [0.4, 0.5) is 0 Å². The Bertz CT molecular complexity index is 772. The molecule has 0 radical (unpaired) electrons. The van der Waals surface area contributed by atoms with E-state index in [1.165, 1.54) is 5.56 Å². The summed E-state index contributed by atoms with van der Waals surface area (Å²) in [6, 6.07) is 15.4. The first-order chi connectivity index (χ1) is 10.1. The monoisotopic (exact) mass is 279 g/mol. The highest BCUT2D eigenvalue weighted by Gasteiger charge is 2.11. The fourth-order valence-electron chi connectivity index (χ4n) is 2.32. The number of rotatable bonds is 4. The van der Waals surface area contributed by atoms with Crippen LogP contribution in [-0.2, 0) is 6.54 Å². The molecule has 4 nitrogen and oxygen atoms in total. The molecule has 0 bridgehead atoms. The Balaban J connectivity index is 1.83. The summed E-state index contributed by atoms with van der Waals surface area (Å²) in [5.41, 5.74) is 3.63. The Kier molecular flexibility index (Phi) is 3.52. The summed E-state index contributed by atoms with van der Waals surface area (Å²) < 4.78 is 1.65. The number of aromatic nitrogens is 3. The Morgan fingerprint density at radius 3 is 2.52 bits per heavy atom. The average molecular weight is 279 g/mol. The van der Waals surface area contributed by atoms with Gasteiger partial charge >= 0.3 is 0 Å². The van der Waals surface area contributed by atoms with Gasteiger partial charge in [0.2, 0.25) is 0 Å². The molecular weight excluding hydrogens is 262 g/mol. The number of carbonyl (C=O) groups excluding carboxylic acids is 1. The zero-order valence-corrected chi connectivity index (χ0v) is 12.2. The minimum Gasteiger partial charge on any atom is -0.292 e. The quantitative estimate of drug-likeness (QED) is 0.687. The lowest BCUT2D eigenvalue weighted by Crippen LogP contribution is -2.11. The summed E-state index contributed by atoms with van der Waals surface area (Å²) in [4.78, 5) is 12.3. The van der Waals surface area contributed by atoms with Gasteiger partial charge in [0.15, 0.2) is 5.78 Å². The highest BCUT2D eigenvalue weighted by atomic mass is 16.1. The maximum Gasteiger partial charge on any atom is 0.184 e. The lowest BCUT2D eigenvalue weighted by molar-refractivity contribution is 0.0968. The van der Waals surface area contributed by atoms with Crippen molar-refractivity contribution in [3.63, 3.8) is 0 Å². The van der Waals surface area contributed by atoms with E-state index < -0.39 is 0 Å². The molecule has 0 spiro atoms. The first-order valence-corrected chi connectivity index (χ1v) is 7.06. The number of benzene rings is 2. The van der Waals surface area contributed by atoms with Crippen molar-refractivity contribution >= 4 is 16.8 Å². The summed E-state index contributed by atoms with van der Waals surface area (Å²) in [6.07, 6.45) is 0. The van der Waals surface area contributed by atoms with E-state index in [1.54, 1.807) is 4.68 Å². The molecule has 3 rings (SSSR count). The molecule has 106 valence electrons. The van der Waals surface area contributed by atoms with E-state index in [2.05, 4.69) is 24.2 Å². The van der Waals surface area contributed by atoms with E-state index in [0.29, 0.717) is 11.5 Å². The van der Waals surface area contributed by atoms with Gasteiger partial charge in [0, 0.05) is 5.56 Å². The molecule has 2 aromatic carbocycles. The molecule has 1 aromatic heterocycles. The minimum absolute atomic E-state index is 0.0426. The van der Waals surface area contributed by atoms with Crippen LogP contribution in [0.1, 0.15) is 35.7 Å². The van der Waals surface area contributed by atoms with Crippen LogP contribution in [0.25, 0.3) is 11.0 Å². The van der Waals surface area contributed by atoms with Crippen molar-refractivity contribution in [2.45, 2.75) is 26.3 Å². The summed E-state index contributed by atoms with van der Waals surface area (Å²) in [6.45, 7) is 4.48. The molecule has 1 heterocycles. The van der Waals surface area contributed by atoms with Crippen molar-refractivity contribution in [2.75, 3.05) is 0 Å². The Morgan fingerprint density at radius 1 is 1.10 bits per heavy atom. The molecule has 21 heavy (non-hydrogen) atoms. The van der Waals surface area contributed by atoms with Crippen molar-refractivity contribution in [1.82, 2.24) is 15.0 Å². The highest BCUT2D eigenvalue weighted by Crippen LogP contribution is 2.16. The van der Waals surface area contributed by atoms with Crippen LogP contribution in [0.5, 0.6) is 0 Å². The lowest BCUT2D eigenvalue weighted by Gasteiger charge is -2.06. The molecule has 4 heteroatoms. The van der Waals surface area contributed by atoms with Crippen LogP contribution in [0.15, 0.2) is 48.5 Å². The molecule has 0 saturated carbocycles. The van der Waals surface area contributed by atoms with Crippen LogP contribution in [0.2, 0.25) is 0 Å². The third-order valence-corrected chi connectivity index (χ3v) is 3.61. The number of Topliss-reactive ketones (excluding diaryl/α,β-unsaturated/α-hetero) is 1. The Hall–Kier alpha value is -2.49. The average Bonchev–Trinajstić information content (AvgIpc) is 2.91. The van der Waals surface area contributed by atoms with E-state index in [0.717, 1.165) is 11.0 Å². The van der Waals surface area contributed by atoms with Gasteiger partial charge in [0.25, 0.3) is 0 Å². The largest absolute Gasteiger partial charge is 0.292 e. The maximum atomic E-state index is 12.3. The van der Waals surface area contributed by atoms with Gasteiger partial charge in [-0.25, -0.2) is 4.68 Å². The fourth-order valence-corrected chi connectivity index (χ4v) is 2.32. The summed E-state index contributed by atoms with van der Waals surface area (Å²) >= 11 is 0. The van der Waals surface area contributed by atoms with Gasteiger partial charge in [-0.05, 0) is 23.6 Å². The van der Waals surface area contributed by atoms with E-state index in [-0.39, 0.29) is 12.3 Å². The molecule has 0 aliphatic rings. The number of carbonyl (C=O) groups is 1. The Labute approximate surface area is 123 Å². The third kappa shape index (κ3) is 2.70. The van der Waals surface area contributed by atoms with Gasteiger partial charge in [-0.1, -0.05) is 55.5 Å². The lowest BCUT2D eigenvalue weighted by atomic mass is 10.0. The van der Waals surface area contributed by atoms with E-state index >= 15 is 0 Å². The number of para-hydroxylation sites is 1. The number of ketones is 1. The molecule has 0 aliphatic heterocycles. The van der Waals surface area contributed by atoms with Crippen LogP contribution in [0.3, 0.4) is 0 Å². The van der Waals surface area contributed by atoms with Crippen molar-refractivity contribution in [2.24, 2.45) is 0 Å². The molecule has 0 saturated heterocycles. The predicted molar refractivity (Wildman–Crippen MR) is 82.4 cm³/mol. The van der Waals surface area contributed by atoms with Crippen LogP contribution in [-0.4, -0.2) is 20.8 Å². The van der Waals surface area contributed by atoms with Crippen molar-refractivity contribution in [1.29, 1.82) is 0 Å². The van der Waals surface area contributed by atoms with Crippen molar-refractivity contribution in [3.8, 4) is 0 Å². The molecule has 0 N–H and O–H groups in total. The highest BCUT2D eigenvalue weighted by molar-refractivity contribution is 5.96. The van der Waals surface area contributed by atoms with Gasteiger partial charge in [0.05, 0.1) is 5.52 Å². The fraction of sp³-hybridized carbons (Fsp3) is 0.235. The molecule has 3 aromatic rings. The van der Waals surface area contributed by atoms with Gasteiger partial charge in [-0.15, -0.1) is 5.10 Å². The van der Waals surface area contributed by atoms with Gasteiger partial charge in [-0.3, -0.25) is 4.79 Å². The first-order valence-electron chi connectivity index (χ1n) is 7.06. The summed E-state index contributed by atoms with van der Waals surface area (Å²) in [7, 11) is 0. The van der Waals surface area contributed by atoms with Gasteiger partial charge in [-0.2, -0.15) is 0 Å². The second kappa shape index (κ2) is 5.48. The molecule has 0 amide bonds. The van der Waals surface area contributed by atoms with Crippen LogP contribution in [0, 0.1) is 0 Å². The van der Waals surface area contributed by atoms with Gasteiger partial charge < -0.3 is 0 Å². The molecule has 0 atom stereocenters. The number of nitrogens with zero attached hydrogens (tertiary/aromatic N) is 3. The first kappa shape index (κ1) is 13.5. The molecule has 0 aliphatic carbocycles. The summed E-state index contributed by atoms with van der Waals surface area (Å²) in [5, 5.41) is 8.12. The predicted octanol–water partition coefficient (Wildman–Crippen LogP) is 3.44. The van der Waals surface area contributed by atoms with Crippen molar-refractivity contribution in [3.05, 3.63) is 59.7 Å². The normalized spacial score (nSPS) is 11.2. The second-order valence-electron chi connectivity index (χ2n) is 5.44. The van der Waals surface area contributed by atoms with Gasteiger partial charge in [0.1, 0.15) is 12.1 Å². The third-order valence-electron chi connectivity index (χ3n) is 3.61. The Morgan fingerprint density at radius 2 is 1.81 bits per heavy atom. The molecular formula is C17H17N3O. The number of hydrogen-bond acceptors (Lipinski definition) is 3. The SMILES string of the molecule is CC(C)c1ccc(C(=O)Cn2nnc3ccccc32)cc1. The minimum atomic E-state index is 0.0426. The standard InChI is InChI=1S/C17H17N3O/c1-12(2)13-7-9-14(10-8-13)17(21)11-20-16-6-4-3-5-15(16)18-19-20/h3-10,12H,11H2,1-2H3. The second-order valence-corrected chi connectivity index (χ2v) is 5.44. The zero-order chi connectivity index (χ0) is 14.8. The van der Waals surface area contributed by atoms with Crippen LogP contribution >= 0.6 is 0 Å². The van der Waals surface area contributed by atoms with E-state index in [1.807, 2.05) is 48.5 Å². The molecule has 0 fully saturated rings. The number of fused-ring (bicyclic) bond motifs is 1. The topological polar surface area (TPSA) is 47.8 Å². The molecule has 0 unspecified atom stereocenters. The number of hydrogen-bond donors (Lipinski definition) is 0. The maximum absolute atomic E-state index is 12.3. The van der Waals surface area contributed by atoms with Crippen LogP contribution < -0.4 is 0 Å². The van der Waals surface area contributed by atoms with E-state index in [4.69, 9.17) is 0 Å².